The van der Waals surface area contributed by atoms with Crippen molar-refractivity contribution in [2.75, 3.05) is 13.9 Å². The van der Waals surface area contributed by atoms with E-state index in [-0.39, 0.29) is 19.0 Å². The first-order valence-corrected chi connectivity index (χ1v) is 8.16. The molecule has 0 amide bonds. The summed E-state index contributed by atoms with van der Waals surface area (Å²) in [5, 5.41) is 3.26. The molecule has 0 bridgehead atoms. The van der Waals surface area contributed by atoms with Gasteiger partial charge in [-0.05, 0) is 60.6 Å². The van der Waals surface area contributed by atoms with Crippen molar-refractivity contribution in [3.63, 3.8) is 0 Å². The number of halogens is 1. The van der Waals surface area contributed by atoms with Crippen molar-refractivity contribution in [3.8, 4) is 0 Å². The molecule has 1 fully saturated rings. The van der Waals surface area contributed by atoms with E-state index in [9.17, 15) is 0 Å². The summed E-state index contributed by atoms with van der Waals surface area (Å²) < 4.78 is 17.9. The molecule has 0 spiro atoms. The van der Waals surface area contributed by atoms with Crippen LogP contribution in [0.3, 0.4) is 0 Å². The predicted molar refractivity (Wildman–Crippen MR) is 90.7 cm³/mol. The second kappa shape index (κ2) is 8.00. The second-order valence-corrected chi connectivity index (χ2v) is 6.34. The van der Waals surface area contributed by atoms with E-state index in [4.69, 9.17) is 14.2 Å². The van der Waals surface area contributed by atoms with Crippen LogP contribution in [0.5, 0.6) is 0 Å². The number of hydrogen-bond donors (Lipinski definition) is 1. The molecule has 1 saturated carbocycles. The van der Waals surface area contributed by atoms with Crippen molar-refractivity contribution in [2.45, 2.75) is 38.0 Å². The van der Waals surface area contributed by atoms with E-state index < -0.39 is 0 Å². The Labute approximate surface area is 140 Å². The number of benzene rings is 1. The zero-order valence-electron chi connectivity index (χ0n) is 12.5. The molecule has 0 heterocycles. The SMILES string of the molecule is C=C(NC1CC1)O[C@@H](C)[C@@H](OCOC)c1ccccc1I. The lowest BCUT2D eigenvalue weighted by Crippen LogP contribution is -2.27. The normalized spacial score (nSPS) is 17.1. The van der Waals surface area contributed by atoms with Crippen LogP contribution in [0.25, 0.3) is 0 Å². The van der Waals surface area contributed by atoms with Crippen molar-refractivity contribution >= 4 is 22.6 Å². The number of ether oxygens (including phenoxy) is 3. The zero-order chi connectivity index (χ0) is 15.2. The molecule has 1 N–H and O–H groups in total. The summed E-state index contributed by atoms with van der Waals surface area (Å²) in [5.74, 6) is 0.613. The highest BCUT2D eigenvalue weighted by Crippen LogP contribution is 2.29. The van der Waals surface area contributed by atoms with E-state index in [1.165, 1.54) is 12.8 Å². The van der Waals surface area contributed by atoms with Crippen LogP contribution in [0.2, 0.25) is 0 Å². The molecule has 0 aliphatic heterocycles. The zero-order valence-corrected chi connectivity index (χ0v) is 14.6. The Morgan fingerprint density at radius 1 is 1.43 bits per heavy atom. The number of rotatable bonds is 9. The molecule has 4 nitrogen and oxygen atoms in total. The van der Waals surface area contributed by atoms with Gasteiger partial charge in [-0.15, -0.1) is 0 Å². The molecular formula is C16H22INO3. The Kier molecular flexibility index (Phi) is 6.32. The van der Waals surface area contributed by atoms with E-state index in [0.717, 1.165) is 9.13 Å². The van der Waals surface area contributed by atoms with Crippen molar-refractivity contribution in [1.82, 2.24) is 5.32 Å². The van der Waals surface area contributed by atoms with Crippen molar-refractivity contribution in [2.24, 2.45) is 0 Å². The van der Waals surface area contributed by atoms with Crippen LogP contribution in [0, 0.1) is 3.57 Å². The molecule has 0 aromatic heterocycles. The summed E-state index contributed by atoms with van der Waals surface area (Å²) in [6.45, 7) is 6.15. The lowest BCUT2D eigenvalue weighted by atomic mass is 10.1. The largest absolute Gasteiger partial charge is 0.474 e. The van der Waals surface area contributed by atoms with Crippen LogP contribution in [0.15, 0.2) is 36.7 Å². The Bertz CT molecular complexity index is 476. The van der Waals surface area contributed by atoms with Crippen LogP contribution >= 0.6 is 22.6 Å². The van der Waals surface area contributed by atoms with Crippen LogP contribution in [0.4, 0.5) is 0 Å². The molecule has 0 unspecified atom stereocenters. The third-order valence-corrected chi connectivity index (χ3v) is 4.26. The standard InChI is InChI=1S/C16H22INO3/c1-11(21-12(2)18-13-8-9-13)16(20-10-19-3)14-6-4-5-7-15(14)17/h4-7,11,13,16,18H,2,8-10H2,1,3H3/t11-,16+/m0/s1. The maximum Gasteiger partial charge on any atom is 0.179 e. The molecule has 2 atom stereocenters. The predicted octanol–water partition coefficient (Wildman–Crippen LogP) is 3.58. The van der Waals surface area contributed by atoms with E-state index in [1.54, 1.807) is 7.11 Å². The van der Waals surface area contributed by atoms with Crippen molar-refractivity contribution in [3.05, 3.63) is 45.9 Å². The van der Waals surface area contributed by atoms with Crippen LogP contribution in [0.1, 0.15) is 31.4 Å². The first-order valence-electron chi connectivity index (χ1n) is 7.09. The van der Waals surface area contributed by atoms with Crippen LogP contribution in [-0.2, 0) is 14.2 Å². The Hall–Kier alpha value is -0.790. The van der Waals surface area contributed by atoms with E-state index in [0.29, 0.717) is 11.9 Å². The fourth-order valence-corrected chi connectivity index (χ4v) is 2.80. The second-order valence-electron chi connectivity index (χ2n) is 5.18. The molecule has 1 aromatic rings. The lowest BCUT2D eigenvalue weighted by molar-refractivity contribution is -0.117. The fourth-order valence-electron chi connectivity index (χ4n) is 2.10. The van der Waals surface area contributed by atoms with Gasteiger partial charge in [-0.2, -0.15) is 0 Å². The summed E-state index contributed by atoms with van der Waals surface area (Å²) in [5.41, 5.74) is 1.10. The minimum Gasteiger partial charge on any atom is -0.474 e. The topological polar surface area (TPSA) is 39.7 Å². The summed E-state index contributed by atoms with van der Waals surface area (Å²) >= 11 is 2.31. The number of methoxy groups -OCH3 is 1. The molecule has 2 rings (SSSR count). The molecular weight excluding hydrogens is 381 g/mol. The minimum atomic E-state index is -0.198. The van der Waals surface area contributed by atoms with E-state index in [2.05, 4.69) is 46.6 Å². The van der Waals surface area contributed by atoms with Crippen molar-refractivity contribution < 1.29 is 14.2 Å². The Balaban J connectivity index is 2.03. The van der Waals surface area contributed by atoms with Gasteiger partial charge in [0.15, 0.2) is 5.88 Å². The lowest BCUT2D eigenvalue weighted by Gasteiger charge is -2.27. The van der Waals surface area contributed by atoms with Gasteiger partial charge < -0.3 is 19.5 Å². The van der Waals surface area contributed by atoms with Gasteiger partial charge in [0, 0.05) is 16.7 Å². The molecule has 21 heavy (non-hydrogen) atoms. The highest BCUT2D eigenvalue weighted by Gasteiger charge is 2.26. The Morgan fingerprint density at radius 2 is 2.14 bits per heavy atom. The maximum absolute atomic E-state index is 5.88. The van der Waals surface area contributed by atoms with Crippen LogP contribution < -0.4 is 5.32 Å². The monoisotopic (exact) mass is 403 g/mol. The van der Waals surface area contributed by atoms with Gasteiger partial charge in [-0.25, -0.2) is 0 Å². The molecule has 116 valence electrons. The quantitative estimate of drug-likeness (QED) is 0.389. The summed E-state index contributed by atoms with van der Waals surface area (Å²) in [7, 11) is 1.62. The molecule has 0 saturated heterocycles. The van der Waals surface area contributed by atoms with Gasteiger partial charge in [-0.1, -0.05) is 18.2 Å². The van der Waals surface area contributed by atoms with Gasteiger partial charge in [0.1, 0.15) is 19.0 Å². The first-order chi connectivity index (χ1) is 10.1. The van der Waals surface area contributed by atoms with Crippen LogP contribution in [-0.4, -0.2) is 26.0 Å². The minimum absolute atomic E-state index is 0.158. The number of hydrogen-bond acceptors (Lipinski definition) is 4. The molecule has 5 heteroatoms. The molecule has 1 aliphatic carbocycles. The summed E-state index contributed by atoms with van der Waals surface area (Å²) in [6.07, 6.45) is 2.03. The third-order valence-electron chi connectivity index (χ3n) is 3.27. The average Bonchev–Trinajstić information content (AvgIpc) is 3.24. The van der Waals surface area contributed by atoms with Crippen molar-refractivity contribution in [1.29, 1.82) is 0 Å². The highest BCUT2D eigenvalue weighted by molar-refractivity contribution is 14.1. The Morgan fingerprint density at radius 3 is 2.76 bits per heavy atom. The van der Waals surface area contributed by atoms with E-state index in [1.807, 2.05) is 19.1 Å². The van der Waals surface area contributed by atoms with Gasteiger partial charge in [0.2, 0.25) is 0 Å². The summed E-state index contributed by atoms with van der Waals surface area (Å²) in [4.78, 5) is 0. The van der Waals surface area contributed by atoms with E-state index >= 15 is 0 Å². The maximum atomic E-state index is 5.88. The molecule has 1 aromatic carbocycles. The number of nitrogens with one attached hydrogen (secondary N) is 1. The van der Waals surface area contributed by atoms with Gasteiger partial charge in [0.05, 0.1) is 0 Å². The molecule has 0 radical (unpaired) electrons. The summed E-state index contributed by atoms with van der Waals surface area (Å²) in [6, 6.07) is 8.66. The van der Waals surface area contributed by atoms with Gasteiger partial charge >= 0.3 is 0 Å². The first kappa shape index (κ1) is 16.6. The smallest absolute Gasteiger partial charge is 0.179 e. The molecule has 1 aliphatic rings. The average molecular weight is 403 g/mol. The van der Waals surface area contributed by atoms with Gasteiger partial charge in [0.25, 0.3) is 0 Å². The third kappa shape index (κ3) is 5.16. The highest BCUT2D eigenvalue weighted by atomic mass is 127. The fraction of sp³-hybridized carbons (Fsp3) is 0.500. The van der Waals surface area contributed by atoms with Gasteiger partial charge in [-0.3, -0.25) is 0 Å².